The van der Waals surface area contributed by atoms with Crippen molar-refractivity contribution in [1.82, 2.24) is 9.78 Å². The molecule has 3 N–H and O–H groups in total. The van der Waals surface area contributed by atoms with E-state index in [1.807, 2.05) is 13.0 Å². The van der Waals surface area contributed by atoms with Crippen molar-refractivity contribution in [3.63, 3.8) is 0 Å². The van der Waals surface area contributed by atoms with Gasteiger partial charge < -0.3 is 15.8 Å². The van der Waals surface area contributed by atoms with E-state index in [1.165, 1.54) is 35.7 Å². The standard InChI is InChI=1S/C20H22N4O4S2/c1-3-29-20-18(30(26,27)16-11-9-15(28-2)10-12-16)19(21)24(23-20)13-17(25)22-14-7-5-4-6-8-14/h4-12H,3,13,21H2,1-2H3,(H,22,25). The molecule has 10 heteroatoms. The van der Waals surface area contributed by atoms with Crippen LogP contribution in [-0.4, -0.2) is 37.0 Å². The summed E-state index contributed by atoms with van der Waals surface area (Å²) in [5.41, 5.74) is 6.79. The minimum atomic E-state index is -3.94. The van der Waals surface area contributed by atoms with Crippen LogP contribution in [0.25, 0.3) is 0 Å². The van der Waals surface area contributed by atoms with Crippen LogP contribution < -0.4 is 15.8 Å². The molecule has 8 nitrogen and oxygen atoms in total. The molecule has 30 heavy (non-hydrogen) atoms. The average Bonchev–Trinajstić information content (AvgIpc) is 3.04. The van der Waals surface area contributed by atoms with Crippen LogP contribution in [0, 0.1) is 0 Å². The largest absolute Gasteiger partial charge is 0.497 e. The van der Waals surface area contributed by atoms with E-state index in [0.717, 1.165) is 0 Å². The lowest BCUT2D eigenvalue weighted by atomic mass is 10.3. The Morgan fingerprint density at radius 3 is 2.43 bits per heavy atom. The predicted octanol–water partition coefficient (Wildman–Crippen LogP) is 3.06. The summed E-state index contributed by atoms with van der Waals surface area (Å²) in [6.45, 7) is 1.67. The molecule has 0 spiro atoms. The van der Waals surface area contributed by atoms with Gasteiger partial charge in [-0.1, -0.05) is 25.1 Å². The number of carbonyl (C=O) groups is 1. The fourth-order valence-electron chi connectivity index (χ4n) is 2.77. The molecule has 0 aliphatic rings. The number of nitrogens with two attached hydrogens (primary N) is 1. The first kappa shape index (κ1) is 21.7. The predicted molar refractivity (Wildman–Crippen MR) is 117 cm³/mol. The van der Waals surface area contributed by atoms with E-state index >= 15 is 0 Å². The number of aromatic nitrogens is 2. The van der Waals surface area contributed by atoms with Crippen LogP contribution in [0.5, 0.6) is 5.75 Å². The average molecular weight is 447 g/mol. The number of benzene rings is 2. The van der Waals surface area contributed by atoms with Crippen LogP contribution >= 0.6 is 11.8 Å². The summed E-state index contributed by atoms with van der Waals surface area (Å²) in [5.74, 6) is 0.692. The molecule has 0 aliphatic heterocycles. The van der Waals surface area contributed by atoms with Crippen LogP contribution in [0.15, 0.2) is 69.4 Å². The fourth-order valence-corrected chi connectivity index (χ4v) is 5.32. The second-order valence-electron chi connectivity index (χ2n) is 6.20. The van der Waals surface area contributed by atoms with Crippen molar-refractivity contribution in [3.8, 4) is 5.75 Å². The summed E-state index contributed by atoms with van der Waals surface area (Å²) in [6, 6.07) is 15.0. The number of hydrogen-bond acceptors (Lipinski definition) is 7. The Labute approximate surface area is 179 Å². The Morgan fingerprint density at radius 2 is 1.83 bits per heavy atom. The van der Waals surface area contributed by atoms with Gasteiger partial charge in [0.1, 0.15) is 28.0 Å². The molecular weight excluding hydrogens is 424 g/mol. The van der Waals surface area contributed by atoms with Gasteiger partial charge in [-0.15, -0.1) is 11.8 Å². The maximum atomic E-state index is 13.3. The van der Waals surface area contributed by atoms with Crippen molar-refractivity contribution in [2.45, 2.75) is 28.3 Å². The summed E-state index contributed by atoms with van der Waals surface area (Å²) in [5, 5.41) is 7.29. The highest BCUT2D eigenvalue weighted by Crippen LogP contribution is 2.35. The highest BCUT2D eigenvalue weighted by atomic mass is 32.2. The van der Waals surface area contributed by atoms with Crippen LogP contribution in [-0.2, 0) is 21.2 Å². The monoisotopic (exact) mass is 446 g/mol. The Morgan fingerprint density at radius 1 is 1.17 bits per heavy atom. The number of methoxy groups -OCH3 is 1. The van der Waals surface area contributed by atoms with E-state index in [1.54, 1.807) is 36.4 Å². The zero-order valence-corrected chi connectivity index (χ0v) is 18.2. The number of thioether (sulfide) groups is 1. The minimum Gasteiger partial charge on any atom is -0.497 e. The minimum absolute atomic E-state index is 0.0706. The fraction of sp³-hybridized carbons (Fsp3) is 0.200. The number of amides is 1. The van der Waals surface area contributed by atoms with E-state index in [0.29, 0.717) is 17.2 Å². The van der Waals surface area contributed by atoms with Gasteiger partial charge in [-0.3, -0.25) is 4.79 Å². The maximum absolute atomic E-state index is 13.3. The maximum Gasteiger partial charge on any atom is 0.246 e. The topological polar surface area (TPSA) is 116 Å². The molecule has 0 saturated heterocycles. The number of nitrogens with one attached hydrogen (secondary N) is 1. The van der Waals surface area contributed by atoms with Crippen molar-refractivity contribution in [2.24, 2.45) is 0 Å². The molecule has 2 aromatic carbocycles. The summed E-state index contributed by atoms with van der Waals surface area (Å²) in [6.07, 6.45) is 0. The van der Waals surface area contributed by atoms with Gasteiger partial charge in [-0.2, -0.15) is 5.10 Å². The normalized spacial score (nSPS) is 11.3. The van der Waals surface area contributed by atoms with E-state index in [4.69, 9.17) is 10.5 Å². The number of rotatable bonds is 8. The first-order chi connectivity index (χ1) is 14.4. The van der Waals surface area contributed by atoms with Gasteiger partial charge in [0.25, 0.3) is 0 Å². The molecule has 3 rings (SSSR count). The molecule has 0 radical (unpaired) electrons. The number of nitrogens with zero attached hydrogens (tertiary/aromatic N) is 2. The number of anilines is 2. The zero-order valence-electron chi connectivity index (χ0n) is 16.5. The van der Waals surface area contributed by atoms with Crippen molar-refractivity contribution in [3.05, 3.63) is 54.6 Å². The molecule has 0 fully saturated rings. The molecule has 158 valence electrons. The molecule has 0 atom stereocenters. The Bertz CT molecular complexity index is 1130. The van der Waals surface area contributed by atoms with E-state index in [9.17, 15) is 13.2 Å². The molecular formula is C20H22N4O4S2. The highest BCUT2D eigenvalue weighted by molar-refractivity contribution is 8.00. The van der Waals surface area contributed by atoms with Gasteiger partial charge in [0.15, 0.2) is 0 Å². The molecule has 3 aromatic rings. The third-order valence-electron chi connectivity index (χ3n) is 4.19. The van der Waals surface area contributed by atoms with Crippen molar-refractivity contribution >= 4 is 39.0 Å². The van der Waals surface area contributed by atoms with E-state index in [-0.39, 0.29) is 33.1 Å². The number of carbonyl (C=O) groups excluding carboxylic acids is 1. The van der Waals surface area contributed by atoms with Gasteiger partial charge in [-0.05, 0) is 42.2 Å². The molecule has 0 saturated carbocycles. The number of hydrogen-bond donors (Lipinski definition) is 2. The first-order valence-electron chi connectivity index (χ1n) is 9.10. The SMILES string of the molecule is CCSc1nn(CC(=O)Nc2ccccc2)c(N)c1S(=O)(=O)c1ccc(OC)cc1. The Balaban J connectivity index is 1.94. The van der Waals surface area contributed by atoms with E-state index in [2.05, 4.69) is 10.4 Å². The highest BCUT2D eigenvalue weighted by Gasteiger charge is 2.30. The van der Waals surface area contributed by atoms with Gasteiger partial charge in [0.05, 0.1) is 12.0 Å². The van der Waals surface area contributed by atoms with Crippen molar-refractivity contribution < 1.29 is 17.9 Å². The lowest BCUT2D eigenvalue weighted by molar-refractivity contribution is -0.116. The summed E-state index contributed by atoms with van der Waals surface area (Å²) in [7, 11) is -2.44. The second-order valence-corrected chi connectivity index (χ2v) is 9.34. The molecule has 1 heterocycles. The van der Waals surface area contributed by atoms with Gasteiger partial charge in [-0.25, -0.2) is 13.1 Å². The van der Waals surface area contributed by atoms with Gasteiger partial charge in [0.2, 0.25) is 15.7 Å². The summed E-state index contributed by atoms with van der Waals surface area (Å²) >= 11 is 1.25. The molecule has 1 amide bonds. The first-order valence-corrected chi connectivity index (χ1v) is 11.6. The number of ether oxygens (including phenoxy) is 1. The lowest BCUT2D eigenvalue weighted by Crippen LogP contribution is -2.21. The summed E-state index contributed by atoms with van der Waals surface area (Å²) < 4.78 is 32.8. The van der Waals surface area contributed by atoms with E-state index < -0.39 is 9.84 Å². The van der Waals surface area contributed by atoms with Crippen LogP contribution in [0.1, 0.15) is 6.92 Å². The van der Waals surface area contributed by atoms with Crippen LogP contribution in [0.4, 0.5) is 11.5 Å². The van der Waals surface area contributed by atoms with Gasteiger partial charge in [0, 0.05) is 5.69 Å². The third kappa shape index (κ3) is 4.60. The quantitative estimate of drug-likeness (QED) is 0.511. The second kappa shape index (κ2) is 9.23. The Kier molecular flexibility index (Phi) is 6.68. The zero-order chi connectivity index (χ0) is 21.7. The van der Waals surface area contributed by atoms with Gasteiger partial charge >= 0.3 is 0 Å². The smallest absolute Gasteiger partial charge is 0.246 e. The number of para-hydroxylation sites is 1. The van der Waals surface area contributed by atoms with Crippen LogP contribution in [0.2, 0.25) is 0 Å². The number of nitrogen functional groups attached to an aromatic ring is 1. The molecule has 0 unspecified atom stereocenters. The van der Waals surface area contributed by atoms with Crippen molar-refractivity contribution in [2.75, 3.05) is 23.9 Å². The number of sulfone groups is 1. The third-order valence-corrected chi connectivity index (χ3v) is 7.00. The van der Waals surface area contributed by atoms with Crippen molar-refractivity contribution in [1.29, 1.82) is 0 Å². The Hall–Kier alpha value is -2.98. The lowest BCUT2D eigenvalue weighted by Gasteiger charge is -2.08. The summed E-state index contributed by atoms with van der Waals surface area (Å²) in [4.78, 5) is 12.4. The molecule has 0 aliphatic carbocycles. The van der Waals surface area contributed by atoms with Crippen LogP contribution in [0.3, 0.4) is 0 Å². The molecule has 1 aromatic heterocycles. The molecule has 0 bridgehead atoms.